The van der Waals surface area contributed by atoms with Crippen molar-refractivity contribution in [1.82, 2.24) is 10.2 Å². The van der Waals surface area contributed by atoms with Crippen molar-refractivity contribution in [2.75, 3.05) is 13.1 Å². The number of carbonyl (C=O) groups excluding carboxylic acids is 1. The van der Waals surface area contributed by atoms with Gasteiger partial charge in [0.1, 0.15) is 16.3 Å². The van der Waals surface area contributed by atoms with Crippen LogP contribution >= 0.6 is 0 Å². The Morgan fingerprint density at radius 1 is 1.43 bits per heavy atom. The number of nitrogens with one attached hydrogen (secondary N) is 1. The smallest absolute Gasteiger partial charge is 0.433 e. The highest BCUT2D eigenvalue weighted by molar-refractivity contribution is 5.68. The second-order valence-corrected chi connectivity index (χ2v) is 6.44. The number of furan rings is 1. The molecule has 1 rings (SSSR count). The van der Waals surface area contributed by atoms with Crippen molar-refractivity contribution >= 4 is 12.0 Å². The lowest BCUT2D eigenvalue weighted by atomic mass is 10.2. The first-order valence-corrected chi connectivity index (χ1v) is 7.53. The van der Waals surface area contributed by atoms with Crippen molar-refractivity contribution in [3.05, 3.63) is 28.0 Å². The minimum Gasteiger partial charge on any atom is -0.444 e. The van der Waals surface area contributed by atoms with Gasteiger partial charge < -0.3 is 19.4 Å². The van der Waals surface area contributed by atoms with Crippen LogP contribution in [0.4, 0.5) is 10.7 Å². The molecule has 0 radical (unpaired) electrons. The highest BCUT2D eigenvalue weighted by atomic mass is 16.6. The Labute approximate surface area is 135 Å². The van der Waals surface area contributed by atoms with Crippen LogP contribution in [-0.2, 0) is 11.3 Å². The molecule has 0 saturated carbocycles. The van der Waals surface area contributed by atoms with Gasteiger partial charge in [0.15, 0.2) is 0 Å². The third-order valence-electron chi connectivity index (χ3n) is 2.91. The first-order valence-electron chi connectivity index (χ1n) is 7.53. The maximum atomic E-state index is 12.1. The molecule has 0 bridgehead atoms. The van der Waals surface area contributed by atoms with E-state index < -0.39 is 10.5 Å². The van der Waals surface area contributed by atoms with E-state index in [2.05, 4.69) is 5.32 Å². The average molecular weight is 327 g/mol. The standard InChI is InChI=1S/C15H25N3O5/c1-11(2)17(14(19)23-15(3,4)5)9-8-16-10-12-6-7-13(22-12)18(20)21/h6-7,11,16H,8-10H2,1-5H3. The summed E-state index contributed by atoms with van der Waals surface area (Å²) in [5.41, 5.74) is -0.537. The average Bonchev–Trinajstić information content (AvgIpc) is 2.84. The SMILES string of the molecule is CC(C)N(CCNCc1ccc([N+](=O)[O-])o1)C(=O)OC(C)(C)C. The third-order valence-corrected chi connectivity index (χ3v) is 2.91. The van der Waals surface area contributed by atoms with Crippen LogP contribution in [0.25, 0.3) is 0 Å². The van der Waals surface area contributed by atoms with Gasteiger partial charge in [0.05, 0.1) is 12.6 Å². The lowest BCUT2D eigenvalue weighted by Gasteiger charge is -2.30. The molecule has 130 valence electrons. The lowest BCUT2D eigenvalue weighted by molar-refractivity contribution is -0.402. The summed E-state index contributed by atoms with van der Waals surface area (Å²) in [7, 11) is 0. The second-order valence-electron chi connectivity index (χ2n) is 6.44. The van der Waals surface area contributed by atoms with E-state index in [9.17, 15) is 14.9 Å². The number of carbonyl (C=O) groups is 1. The normalized spacial score (nSPS) is 11.6. The van der Waals surface area contributed by atoms with Crippen LogP contribution in [0.5, 0.6) is 0 Å². The summed E-state index contributed by atoms with van der Waals surface area (Å²) >= 11 is 0. The summed E-state index contributed by atoms with van der Waals surface area (Å²) < 4.78 is 10.4. The zero-order valence-electron chi connectivity index (χ0n) is 14.3. The molecule has 0 atom stereocenters. The molecule has 8 heteroatoms. The molecule has 23 heavy (non-hydrogen) atoms. The first kappa shape index (κ1) is 19.0. The van der Waals surface area contributed by atoms with Crippen LogP contribution in [-0.4, -0.2) is 40.6 Å². The molecule has 1 aromatic rings. The molecule has 8 nitrogen and oxygen atoms in total. The summed E-state index contributed by atoms with van der Waals surface area (Å²) in [6.45, 7) is 10.7. The van der Waals surface area contributed by atoms with Crippen LogP contribution in [0, 0.1) is 10.1 Å². The van der Waals surface area contributed by atoms with Gasteiger partial charge in [-0.1, -0.05) is 0 Å². The molecule has 1 aromatic heterocycles. The highest BCUT2D eigenvalue weighted by Gasteiger charge is 2.23. The number of ether oxygens (including phenoxy) is 1. The summed E-state index contributed by atoms with van der Waals surface area (Å²) in [5.74, 6) is 0.199. The largest absolute Gasteiger partial charge is 0.444 e. The van der Waals surface area contributed by atoms with Gasteiger partial charge in [-0.05, 0) is 40.7 Å². The molecule has 0 aromatic carbocycles. The molecule has 0 spiro atoms. The van der Waals surface area contributed by atoms with Crippen molar-refractivity contribution in [1.29, 1.82) is 0 Å². The lowest BCUT2D eigenvalue weighted by Crippen LogP contribution is -2.44. The predicted molar refractivity (Wildman–Crippen MR) is 85.1 cm³/mol. The Hall–Kier alpha value is -2.09. The summed E-state index contributed by atoms with van der Waals surface area (Å²) in [4.78, 5) is 23.7. The first-order chi connectivity index (χ1) is 10.6. The van der Waals surface area contributed by atoms with E-state index in [-0.39, 0.29) is 18.0 Å². The summed E-state index contributed by atoms with van der Waals surface area (Å²) in [6, 6.07) is 2.88. The quantitative estimate of drug-likeness (QED) is 0.470. The van der Waals surface area contributed by atoms with E-state index in [0.29, 0.717) is 25.4 Å². The van der Waals surface area contributed by atoms with E-state index in [1.54, 1.807) is 11.0 Å². The van der Waals surface area contributed by atoms with Crippen molar-refractivity contribution < 1.29 is 18.9 Å². The van der Waals surface area contributed by atoms with Crippen LogP contribution in [0.3, 0.4) is 0 Å². The van der Waals surface area contributed by atoms with E-state index in [0.717, 1.165) is 0 Å². The van der Waals surface area contributed by atoms with Gasteiger partial charge in [0.2, 0.25) is 0 Å². The molecule has 0 aliphatic carbocycles. The zero-order valence-corrected chi connectivity index (χ0v) is 14.3. The summed E-state index contributed by atoms with van der Waals surface area (Å²) in [6.07, 6.45) is -0.358. The van der Waals surface area contributed by atoms with Crippen LogP contribution < -0.4 is 5.32 Å². The van der Waals surface area contributed by atoms with E-state index in [1.165, 1.54) is 6.07 Å². The van der Waals surface area contributed by atoms with Crippen molar-refractivity contribution in [2.24, 2.45) is 0 Å². The fourth-order valence-electron chi connectivity index (χ4n) is 1.85. The number of rotatable bonds is 7. The van der Waals surface area contributed by atoms with Crippen molar-refractivity contribution in [3.63, 3.8) is 0 Å². The number of hydrogen-bond donors (Lipinski definition) is 1. The molecule has 1 amide bonds. The van der Waals surface area contributed by atoms with Crippen LogP contribution in [0.1, 0.15) is 40.4 Å². The van der Waals surface area contributed by atoms with Gasteiger partial charge >= 0.3 is 12.0 Å². The fraction of sp³-hybridized carbons (Fsp3) is 0.667. The molecule has 0 fully saturated rings. The van der Waals surface area contributed by atoms with Crippen molar-refractivity contribution in [3.8, 4) is 0 Å². The molecule has 0 unspecified atom stereocenters. The molecule has 1 heterocycles. The molecule has 0 saturated heterocycles. The highest BCUT2D eigenvalue weighted by Crippen LogP contribution is 2.15. The minimum atomic E-state index is -0.577. The Kier molecular flexibility index (Phi) is 6.56. The number of nitro groups is 1. The Balaban J connectivity index is 2.43. The Morgan fingerprint density at radius 3 is 2.57 bits per heavy atom. The number of hydrogen-bond acceptors (Lipinski definition) is 6. The molecule has 0 aliphatic rings. The van der Waals surface area contributed by atoms with Crippen molar-refractivity contribution in [2.45, 2.75) is 52.8 Å². The van der Waals surface area contributed by atoms with Crippen LogP contribution in [0.2, 0.25) is 0 Å². The Morgan fingerprint density at radius 2 is 2.09 bits per heavy atom. The molecular formula is C15H25N3O5. The molecule has 0 aliphatic heterocycles. The zero-order chi connectivity index (χ0) is 17.6. The maximum Gasteiger partial charge on any atom is 0.433 e. The van der Waals surface area contributed by atoms with Gasteiger partial charge in [-0.3, -0.25) is 10.1 Å². The van der Waals surface area contributed by atoms with Gasteiger partial charge in [0.25, 0.3) is 0 Å². The topological polar surface area (TPSA) is 97.9 Å². The van der Waals surface area contributed by atoms with E-state index >= 15 is 0 Å². The summed E-state index contributed by atoms with van der Waals surface area (Å²) in [5, 5.41) is 13.6. The Bertz CT molecular complexity index is 533. The van der Waals surface area contributed by atoms with Crippen LogP contribution in [0.15, 0.2) is 16.5 Å². The number of amides is 1. The fourth-order valence-corrected chi connectivity index (χ4v) is 1.85. The van der Waals surface area contributed by atoms with E-state index in [4.69, 9.17) is 9.15 Å². The monoisotopic (exact) mass is 327 g/mol. The molecule has 1 N–H and O–H groups in total. The predicted octanol–water partition coefficient (Wildman–Crippen LogP) is 2.92. The third kappa shape index (κ3) is 6.68. The van der Waals surface area contributed by atoms with E-state index in [1.807, 2.05) is 34.6 Å². The second kappa shape index (κ2) is 7.96. The molecular weight excluding hydrogens is 302 g/mol. The number of nitrogens with zero attached hydrogens (tertiary/aromatic N) is 2. The van der Waals surface area contributed by atoms with Gasteiger partial charge in [0, 0.05) is 19.1 Å². The van der Waals surface area contributed by atoms with Gasteiger partial charge in [-0.2, -0.15) is 0 Å². The minimum absolute atomic E-state index is 0.0105. The van der Waals surface area contributed by atoms with Gasteiger partial charge in [-0.25, -0.2) is 4.79 Å². The van der Waals surface area contributed by atoms with Gasteiger partial charge in [-0.15, -0.1) is 0 Å². The maximum absolute atomic E-state index is 12.1.